The molecule has 1 aliphatic carbocycles. The summed E-state index contributed by atoms with van der Waals surface area (Å²) < 4.78 is 0. The summed E-state index contributed by atoms with van der Waals surface area (Å²) in [6.07, 6.45) is 5.14. The third-order valence-corrected chi connectivity index (χ3v) is 4.37. The predicted octanol–water partition coefficient (Wildman–Crippen LogP) is 3.25. The molecular weight excluding hydrogens is 262 g/mol. The lowest BCUT2D eigenvalue weighted by Gasteiger charge is -2.26. The second kappa shape index (κ2) is 6.78. The minimum atomic E-state index is -0.194. The molecule has 1 aromatic rings. The minimum absolute atomic E-state index is 0.133. The number of nitrogens with one attached hydrogen (secondary N) is 1. The number of carbonyl (C=O) groups is 1. The van der Waals surface area contributed by atoms with Gasteiger partial charge in [-0.15, -0.1) is 0 Å². The van der Waals surface area contributed by atoms with Crippen molar-refractivity contribution in [2.24, 2.45) is 5.41 Å². The fourth-order valence-corrected chi connectivity index (χ4v) is 3.13. The topological polar surface area (TPSA) is 49.3 Å². The van der Waals surface area contributed by atoms with Crippen molar-refractivity contribution in [1.82, 2.24) is 0 Å². The summed E-state index contributed by atoms with van der Waals surface area (Å²) in [5, 5.41) is 11.8. The smallest absolute Gasteiger partial charge is 0.230 e. The van der Waals surface area contributed by atoms with Crippen molar-refractivity contribution in [3.63, 3.8) is 0 Å². The normalized spacial score (nSPS) is 16.1. The van der Waals surface area contributed by atoms with Gasteiger partial charge in [-0.3, -0.25) is 4.79 Å². The maximum absolute atomic E-state index is 12.6. The summed E-state index contributed by atoms with van der Waals surface area (Å²) in [6.45, 7) is 3.92. The molecule has 1 saturated carbocycles. The molecule has 0 saturated heterocycles. The number of anilines is 1. The van der Waals surface area contributed by atoms with Crippen LogP contribution in [0.3, 0.4) is 0 Å². The van der Waals surface area contributed by atoms with Crippen LogP contribution >= 0.6 is 0 Å². The van der Waals surface area contributed by atoms with E-state index in [2.05, 4.69) is 24.1 Å². The van der Waals surface area contributed by atoms with Crippen LogP contribution in [0.4, 0.5) is 5.69 Å². The maximum atomic E-state index is 12.6. The molecule has 0 unspecified atom stereocenters. The zero-order valence-corrected chi connectivity index (χ0v) is 12.8. The van der Waals surface area contributed by atoms with Crippen LogP contribution in [-0.2, 0) is 4.79 Å². The number of aryl methyl sites for hydroxylation is 1. The van der Waals surface area contributed by atoms with E-state index in [0.29, 0.717) is 0 Å². The van der Waals surface area contributed by atoms with Gasteiger partial charge < -0.3 is 10.4 Å². The maximum Gasteiger partial charge on any atom is 0.230 e. The fraction of sp³-hybridized carbons (Fsp3) is 0.500. The van der Waals surface area contributed by atoms with Gasteiger partial charge in [0.15, 0.2) is 0 Å². The molecule has 0 heterocycles. The van der Waals surface area contributed by atoms with E-state index < -0.39 is 0 Å². The molecular formula is C18H23NO2. The van der Waals surface area contributed by atoms with Crippen LogP contribution in [-0.4, -0.2) is 17.6 Å². The molecule has 1 aromatic carbocycles. The summed E-state index contributed by atoms with van der Waals surface area (Å²) in [5.41, 5.74) is 2.46. The van der Waals surface area contributed by atoms with E-state index in [0.717, 1.165) is 48.9 Å². The van der Waals surface area contributed by atoms with Crippen LogP contribution in [0.1, 0.15) is 50.2 Å². The second-order valence-corrected chi connectivity index (χ2v) is 5.84. The first-order chi connectivity index (χ1) is 10.1. The molecule has 0 aliphatic heterocycles. The third kappa shape index (κ3) is 3.65. The molecule has 2 rings (SSSR count). The molecule has 1 aliphatic rings. The predicted molar refractivity (Wildman–Crippen MR) is 85.0 cm³/mol. The van der Waals surface area contributed by atoms with Gasteiger partial charge in [0.1, 0.15) is 6.61 Å². The highest BCUT2D eigenvalue weighted by molar-refractivity contribution is 5.95. The summed E-state index contributed by atoms with van der Waals surface area (Å²) in [6, 6.07) is 5.77. The van der Waals surface area contributed by atoms with Gasteiger partial charge in [0, 0.05) is 16.7 Å². The van der Waals surface area contributed by atoms with Crippen LogP contribution in [0.25, 0.3) is 0 Å². The van der Waals surface area contributed by atoms with Crippen molar-refractivity contribution in [2.75, 3.05) is 11.9 Å². The summed E-state index contributed by atoms with van der Waals surface area (Å²) in [7, 11) is 0. The van der Waals surface area contributed by atoms with Crippen LogP contribution < -0.4 is 5.32 Å². The largest absolute Gasteiger partial charge is 0.384 e. The molecule has 112 valence electrons. The quantitative estimate of drug-likeness (QED) is 0.838. The lowest BCUT2D eigenvalue weighted by atomic mass is 9.82. The highest BCUT2D eigenvalue weighted by Crippen LogP contribution is 2.41. The average molecular weight is 285 g/mol. The van der Waals surface area contributed by atoms with E-state index in [1.165, 1.54) is 0 Å². The fourth-order valence-electron chi connectivity index (χ4n) is 3.13. The number of aliphatic hydroxyl groups is 1. The monoisotopic (exact) mass is 285 g/mol. The van der Waals surface area contributed by atoms with E-state index in [-0.39, 0.29) is 17.9 Å². The van der Waals surface area contributed by atoms with Crippen molar-refractivity contribution in [3.05, 3.63) is 29.3 Å². The number of rotatable bonds is 3. The first-order valence-electron chi connectivity index (χ1n) is 7.62. The lowest BCUT2D eigenvalue weighted by molar-refractivity contribution is -0.125. The van der Waals surface area contributed by atoms with E-state index in [1.54, 1.807) is 0 Å². The van der Waals surface area contributed by atoms with Gasteiger partial charge in [-0.05, 0) is 49.9 Å². The first-order valence-corrected chi connectivity index (χ1v) is 7.62. The molecule has 3 nitrogen and oxygen atoms in total. The Morgan fingerprint density at radius 3 is 2.67 bits per heavy atom. The van der Waals surface area contributed by atoms with Crippen molar-refractivity contribution in [2.45, 2.75) is 46.0 Å². The Labute approximate surface area is 126 Å². The Hall–Kier alpha value is -1.79. The number of hydrogen-bond donors (Lipinski definition) is 2. The summed E-state index contributed by atoms with van der Waals surface area (Å²) >= 11 is 0. The number of hydrogen-bond acceptors (Lipinski definition) is 2. The Morgan fingerprint density at radius 1 is 1.33 bits per heavy atom. The molecule has 0 radical (unpaired) electrons. The minimum Gasteiger partial charge on any atom is -0.384 e. The van der Waals surface area contributed by atoms with E-state index >= 15 is 0 Å². The van der Waals surface area contributed by atoms with Gasteiger partial charge in [-0.1, -0.05) is 31.6 Å². The molecule has 1 fully saturated rings. The van der Waals surface area contributed by atoms with Crippen molar-refractivity contribution in [1.29, 1.82) is 0 Å². The molecule has 2 N–H and O–H groups in total. The van der Waals surface area contributed by atoms with Gasteiger partial charge in [0.25, 0.3) is 0 Å². The second-order valence-electron chi connectivity index (χ2n) is 5.84. The standard InChI is InChI=1S/C18H23NO2/c1-3-18(8-4-5-9-18)17(21)19-16-12-14(2)11-15(13-16)7-6-10-20/h11-13,20H,3-5,8-10H2,1-2H3,(H,19,21). The molecule has 0 atom stereocenters. The van der Waals surface area contributed by atoms with E-state index in [9.17, 15) is 4.79 Å². The highest BCUT2D eigenvalue weighted by atomic mass is 16.2. The number of benzene rings is 1. The van der Waals surface area contributed by atoms with Crippen molar-refractivity contribution < 1.29 is 9.90 Å². The van der Waals surface area contributed by atoms with Crippen molar-refractivity contribution in [3.8, 4) is 11.8 Å². The van der Waals surface area contributed by atoms with E-state index in [4.69, 9.17) is 5.11 Å². The van der Waals surface area contributed by atoms with Gasteiger partial charge >= 0.3 is 0 Å². The van der Waals surface area contributed by atoms with Gasteiger partial charge in [0.05, 0.1) is 0 Å². The molecule has 3 heteroatoms. The molecule has 0 aromatic heterocycles. The van der Waals surface area contributed by atoms with Crippen LogP contribution in [0.2, 0.25) is 0 Å². The number of carbonyl (C=O) groups excluding carboxylic acids is 1. The Morgan fingerprint density at radius 2 is 2.05 bits per heavy atom. The molecule has 1 amide bonds. The molecule has 0 bridgehead atoms. The molecule has 0 spiro atoms. The highest BCUT2D eigenvalue weighted by Gasteiger charge is 2.39. The zero-order chi connectivity index (χ0) is 15.3. The summed E-state index contributed by atoms with van der Waals surface area (Å²) in [4.78, 5) is 12.6. The van der Waals surface area contributed by atoms with Crippen LogP contribution in [0.15, 0.2) is 18.2 Å². The van der Waals surface area contributed by atoms with Crippen LogP contribution in [0, 0.1) is 24.2 Å². The number of aliphatic hydroxyl groups excluding tert-OH is 1. The van der Waals surface area contributed by atoms with Crippen molar-refractivity contribution >= 4 is 11.6 Å². The van der Waals surface area contributed by atoms with Crippen LogP contribution in [0.5, 0.6) is 0 Å². The SMILES string of the molecule is CCC1(C(=O)Nc2cc(C)cc(C#CCO)c2)CCCC1. The molecule has 21 heavy (non-hydrogen) atoms. The Kier molecular flexibility index (Phi) is 5.03. The number of amides is 1. The summed E-state index contributed by atoms with van der Waals surface area (Å²) in [5.74, 6) is 5.66. The van der Waals surface area contributed by atoms with Gasteiger partial charge in [-0.25, -0.2) is 0 Å². The average Bonchev–Trinajstić information content (AvgIpc) is 2.94. The first kappa shape index (κ1) is 15.6. The lowest BCUT2D eigenvalue weighted by Crippen LogP contribution is -2.33. The van der Waals surface area contributed by atoms with Gasteiger partial charge in [0.2, 0.25) is 5.91 Å². The third-order valence-electron chi connectivity index (χ3n) is 4.37. The zero-order valence-electron chi connectivity index (χ0n) is 12.8. The Bertz CT molecular complexity index is 575. The van der Waals surface area contributed by atoms with E-state index in [1.807, 2.05) is 25.1 Å². The van der Waals surface area contributed by atoms with Gasteiger partial charge in [-0.2, -0.15) is 0 Å². The Balaban J connectivity index is 2.19.